The molecule has 3 N–H and O–H groups in total. The zero-order valence-corrected chi connectivity index (χ0v) is 14.5. The van der Waals surface area contributed by atoms with Crippen molar-refractivity contribution in [1.29, 1.82) is 0 Å². The van der Waals surface area contributed by atoms with Crippen molar-refractivity contribution in [2.75, 3.05) is 0 Å². The first-order valence-corrected chi connectivity index (χ1v) is 8.14. The van der Waals surface area contributed by atoms with E-state index >= 15 is 0 Å². The van der Waals surface area contributed by atoms with Crippen molar-refractivity contribution in [3.63, 3.8) is 0 Å². The molecule has 2 rings (SSSR count). The van der Waals surface area contributed by atoms with Gasteiger partial charge in [0.05, 0.1) is 12.0 Å². The number of alkyl halides is 3. The van der Waals surface area contributed by atoms with Crippen LogP contribution in [-0.4, -0.2) is 23.8 Å². The number of amides is 2. The Labute approximate surface area is 158 Å². The van der Waals surface area contributed by atoms with Crippen molar-refractivity contribution in [2.24, 2.45) is 5.73 Å². The first-order chi connectivity index (χ1) is 13.2. The first-order valence-electron chi connectivity index (χ1n) is 8.14. The van der Waals surface area contributed by atoms with Crippen LogP contribution in [0.15, 0.2) is 54.6 Å². The van der Waals surface area contributed by atoms with E-state index in [9.17, 15) is 27.6 Å². The van der Waals surface area contributed by atoms with Gasteiger partial charge in [-0.05, 0) is 29.8 Å². The van der Waals surface area contributed by atoms with Crippen LogP contribution in [0.1, 0.15) is 27.9 Å². The third-order valence-corrected chi connectivity index (χ3v) is 3.74. The molecule has 0 fully saturated rings. The van der Waals surface area contributed by atoms with Gasteiger partial charge in [-0.2, -0.15) is 13.2 Å². The number of carbonyl (C=O) groups excluding carboxylic acids is 3. The standard InChI is InChI=1S/C19H17F3N2O4/c20-19(21,22)14-8-6-13(7-9-14)18(27)24-15(17(23)26)10-16(25)28-11-12-4-2-1-3-5-12/h1-9,15H,10-11H2,(H2,23,26)(H,24,27)/t15-/m1/s1. The molecule has 0 bridgehead atoms. The average molecular weight is 394 g/mol. The predicted molar refractivity (Wildman–Crippen MR) is 92.7 cm³/mol. The summed E-state index contributed by atoms with van der Waals surface area (Å²) in [6.07, 6.45) is -5.04. The Kier molecular flexibility index (Phi) is 6.75. The third-order valence-electron chi connectivity index (χ3n) is 3.74. The van der Waals surface area contributed by atoms with Crippen LogP contribution in [0.3, 0.4) is 0 Å². The van der Waals surface area contributed by atoms with Gasteiger partial charge < -0.3 is 15.8 Å². The molecule has 2 aromatic carbocycles. The zero-order valence-electron chi connectivity index (χ0n) is 14.5. The highest BCUT2D eigenvalue weighted by Crippen LogP contribution is 2.29. The Hall–Kier alpha value is -3.36. The number of nitrogens with one attached hydrogen (secondary N) is 1. The summed E-state index contributed by atoms with van der Waals surface area (Å²) >= 11 is 0. The van der Waals surface area contributed by atoms with E-state index in [0.29, 0.717) is 0 Å². The van der Waals surface area contributed by atoms with Crippen LogP contribution in [0.4, 0.5) is 13.2 Å². The molecule has 0 saturated heterocycles. The van der Waals surface area contributed by atoms with Crippen LogP contribution in [0.25, 0.3) is 0 Å². The lowest BCUT2D eigenvalue weighted by Gasteiger charge is -2.15. The van der Waals surface area contributed by atoms with Crippen molar-refractivity contribution < 1.29 is 32.3 Å². The van der Waals surface area contributed by atoms with Crippen LogP contribution in [0.2, 0.25) is 0 Å². The minimum absolute atomic E-state index is 0.0159. The predicted octanol–water partition coefficient (Wildman–Crippen LogP) is 2.42. The van der Waals surface area contributed by atoms with Crippen molar-refractivity contribution in [2.45, 2.75) is 25.2 Å². The lowest BCUT2D eigenvalue weighted by Crippen LogP contribution is -2.45. The number of carbonyl (C=O) groups is 3. The largest absolute Gasteiger partial charge is 0.461 e. The molecule has 9 heteroatoms. The number of nitrogens with two attached hydrogens (primary N) is 1. The molecule has 0 aliphatic carbocycles. The van der Waals surface area contributed by atoms with Crippen molar-refractivity contribution in [1.82, 2.24) is 5.32 Å². The maximum absolute atomic E-state index is 12.6. The smallest absolute Gasteiger partial charge is 0.416 e. The van der Waals surface area contributed by atoms with Crippen LogP contribution in [0.5, 0.6) is 0 Å². The quantitative estimate of drug-likeness (QED) is 0.705. The van der Waals surface area contributed by atoms with Crippen molar-refractivity contribution in [3.05, 3.63) is 71.3 Å². The van der Waals surface area contributed by atoms with Crippen LogP contribution in [0, 0.1) is 0 Å². The van der Waals surface area contributed by atoms with Crippen molar-refractivity contribution >= 4 is 17.8 Å². The van der Waals surface area contributed by atoms with E-state index < -0.39 is 42.0 Å². The summed E-state index contributed by atoms with van der Waals surface area (Å²) in [5, 5.41) is 2.22. The molecule has 0 aromatic heterocycles. The highest BCUT2D eigenvalue weighted by Gasteiger charge is 2.30. The fraction of sp³-hybridized carbons (Fsp3) is 0.211. The highest BCUT2D eigenvalue weighted by atomic mass is 19.4. The number of esters is 1. The lowest BCUT2D eigenvalue weighted by molar-refractivity contribution is -0.146. The zero-order chi connectivity index (χ0) is 20.7. The van der Waals surface area contributed by atoms with E-state index in [2.05, 4.69) is 5.32 Å². The monoisotopic (exact) mass is 394 g/mol. The van der Waals surface area contributed by atoms with Crippen LogP contribution < -0.4 is 11.1 Å². The summed E-state index contributed by atoms with van der Waals surface area (Å²) in [7, 11) is 0. The molecule has 0 heterocycles. The molecule has 0 unspecified atom stereocenters. The summed E-state index contributed by atoms with van der Waals surface area (Å²) in [6.45, 7) is -0.0159. The van der Waals surface area contributed by atoms with E-state index in [1.807, 2.05) is 0 Å². The molecule has 1 atom stereocenters. The Bertz CT molecular complexity index is 837. The molecule has 0 radical (unpaired) electrons. The average Bonchev–Trinajstić information content (AvgIpc) is 2.66. The lowest BCUT2D eigenvalue weighted by atomic mass is 10.1. The summed E-state index contributed by atoms with van der Waals surface area (Å²) in [5.41, 5.74) is 4.90. The molecular weight excluding hydrogens is 377 g/mol. The number of hydrogen-bond donors (Lipinski definition) is 2. The minimum Gasteiger partial charge on any atom is -0.461 e. The topological polar surface area (TPSA) is 98.5 Å². The Morgan fingerprint density at radius 3 is 2.14 bits per heavy atom. The summed E-state index contributed by atoms with van der Waals surface area (Å²) in [5.74, 6) is -2.58. The number of ether oxygens (including phenoxy) is 1. The normalized spacial score (nSPS) is 12.1. The number of benzene rings is 2. The maximum atomic E-state index is 12.6. The van der Waals surface area contributed by atoms with E-state index in [4.69, 9.17) is 10.5 Å². The highest BCUT2D eigenvalue weighted by molar-refractivity contribution is 5.98. The van der Waals surface area contributed by atoms with E-state index in [1.165, 1.54) is 0 Å². The van der Waals surface area contributed by atoms with Crippen molar-refractivity contribution in [3.8, 4) is 0 Å². The molecule has 0 saturated carbocycles. The van der Waals surface area contributed by atoms with Gasteiger partial charge in [0.2, 0.25) is 5.91 Å². The Morgan fingerprint density at radius 1 is 1.00 bits per heavy atom. The fourth-order valence-electron chi connectivity index (χ4n) is 2.24. The number of hydrogen-bond acceptors (Lipinski definition) is 4. The molecule has 6 nitrogen and oxygen atoms in total. The van der Waals surface area contributed by atoms with Gasteiger partial charge in [-0.15, -0.1) is 0 Å². The summed E-state index contributed by atoms with van der Waals surface area (Å²) in [6, 6.07) is 10.8. The Morgan fingerprint density at radius 2 is 1.61 bits per heavy atom. The maximum Gasteiger partial charge on any atom is 0.416 e. The molecule has 0 spiro atoms. The number of primary amides is 1. The molecule has 0 aliphatic rings. The summed E-state index contributed by atoms with van der Waals surface area (Å²) in [4.78, 5) is 35.5. The fourth-order valence-corrected chi connectivity index (χ4v) is 2.24. The van der Waals surface area contributed by atoms with Gasteiger partial charge in [0.1, 0.15) is 12.6 Å². The van der Waals surface area contributed by atoms with Gasteiger partial charge in [-0.1, -0.05) is 30.3 Å². The summed E-state index contributed by atoms with van der Waals surface area (Å²) < 4.78 is 42.7. The second-order valence-electron chi connectivity index (χ2n) is 5.85. The molecule has 28 heavy (non-hydrogen) atoms. The second kappa shape index (κ2) is 9.03. The third kappa shape index (κ3) is 6.11. The molecule has 148 valence electrons. The molecule has 2 aromatic rings. The van der Waals surface area contributed by atoms with Gasteiger partial charge in [-0.25, -0.2) is 0 Å². The van der Waals surface area contributed by atoms with Crippen LogP contribution >= 0.6 is 0 Å². The second-order valence-corrected chi connectivity index (χ2v) is 5.85. The van der Waals surface area contributed by atoms with E-state index in [-0.39, 0.29) is 12.2 Å². The number of rotatable bonds is 7. The van der Waals surface area contributed by atoms with E-state index in [1.54, 1.807) is 30.3 Å². The van der Waals surface area contributed by atoms with E-state index in [0.717, 1.165) is 29.8 Å². The first kappa shape index (κ1) is 20.9. The molecule has 2 amide bonds. The van der Waals surface area contributed by atoms with Gasteiger partial charge in [0, 0.05) is 5.56 Å². The molecule has 0 aliphatic heterocycles. The van der Waals surface area contributed by atoms with Gasteiger partial charge in [0.15, 0.2) is 0 Å². The Balaban J connectivity index is 1.95. The SMILES string of the molecule is NC(=O)[C@@H](CC(=O)OCc1ccccc1)NC(=O)c1ccc(C(F)(F)F)cc1. The van der Waals surface area contributed by atoms with Crippen LogP contribution in [-0.2, 0) is 27.1 Å². The van der Waals surface area contributed by atoms with Gasteiger partial charge in [0.25, 0.3) is 5.91 Å². The molecular formula is C19H17F3N2O4. The number of halogens is 3. The van der Waals surface area contributed by atoms with Gasteiger partial charge in [-0.3, -0.25) is 14.4 Å². The van der Waals surface area contributed by atoms with Gasteiger partial charge >= 0.3 is 12.1 Å². The minimum atomic E-state index is -4.53.